The highest BCUT2D eigenvalue weighted by molar-refractivity contribution is 7.90. The molecule has 0 saturated heterocycles. The summed E-state index contributed by atoms with van der Waals surface area (Å²) in [7, 11) is -3.13. The number of benzene rings is 2. The van der Waals surface area contributed by atoms with Crippen molar-refractivity contribution in [3.05, 3.63) is 65.2 Å². The monoisotopic (exact) mass is 329 g/mol. The van der Waals surface area contributed by atoms with E-state index in [0.717, 1.165) is 24.8 Å². The largest absolute Gasteiger partial charge is 0.307 e. The van der Waals surface area contributed by atoms with Crippen molar-refractivity contribution in [3.8, 4) is 0 Å². The molecule has 122 valence electrons. The van der Waals surface area contributed by atoms with E-state index in [-0.39, 0.29) is 6.04 Å². The van der Waals surface area contributed by atoms with Gasteiger partial charge >= 0.3 is 0 Å². The number of fused-ring (bicyclic) bond motifs is 1. The lowest BCUT2D eigenvalue weighted by Gasteiger charge is -2.22. The molecule has 0 aromatic heterocycles. The third kappa shape index (κ3) is 3.65. The number of rotatable bonds is 5. The molecule has 1 N–H and O–H groups in total. The van der Waals surface area contributed by atoms with Crippen LogP contribution in [0.2, 0.25) is 0 Å². The Balaban J connectivity index is 1.72. The lowest BCUT2D eigenvalue weighted by atomic mass is 10.0. The van der Waals surface area contributed by atoms with Crippen molar-refractivity contribution in [1.29, 1.82) is 0 Å². The van der Waals surface area contributed by atoms with Crippen LogP contribution in [-0.2, 0) is 22.7 Å². The highest BCUT2D eigenvalue weighted by Gasteiger charge is 2.23. The van der Waals surface area contributed by atoms with E-state index in [1.165, 1.54) is 17.4 Å². The van der Waals surface area contributed by atoms with E-state index in [1.807, 2.05) is 12.1 Å². The van der Waals surface area contributed by atoms with Gasteiger partial charge in [0.2, 0.25) is 0 Å². The normalized spacial score (nSPS) is 16.3. The van der Waals surface area contributed by atoms with Gasteiger partial charge < -0.3 is 5.32 Å². The molecule has 0 spiro atoms. The van der Waals surface area contributed by atoms with Crippen LogP contribution >= 0.6 is 0 Å². The Labute approximate surface area is 138 Å². The van der Waals surface area contributed by atoms with Crippen molar-refractivity contribution in [2.24, 2.45) is 0 Å². The number of nitrogens with one attached hydrogen (secondary N) is 1. The maximum atomic E-state index is 11.6. The van der Waals surface area contributed by atoms with Gasteiger partial charge in [0.05, 0.1) is 4.90 Å². The molecule has 4 heteroatoms. The molecule has 23 heavy (non-hydrogen) atoms. The standard InChI is InChI=1S/C19H23NO2S/c1-3-19(14-8-10-18(11-9-14)23(2,21)22)20-17-12-15-6-4-5-7-16(15)13-17/h4-11,17,19-20H,3,12-13H2,1-2H3. The first-order valence-electron chi connectivity index (χ1n) is 8.10. The van der Waals surface area contributed by atoms with Gasteiger partial charge in [0.15, 0.2) is 9.84 Å². The van der Waals surface area contributed by atoms with E-state index in [0.29, 0.717) is 10.9 Å². The minimum absolute atomic E-state index is 0.253. The molecular formula is C19H23NO2S. The topological polar surface area (TPSA) is 46.2 Å². The van der Waals surface area contributed by atoms with Crippen molar-refractivity contribution in [2.75, 3.05) is 6.26 Å². The molecule has 0 aliphatic heterocycles. The molecule has 1 aliphatic carbocycles. The van der Waals surface area contributed by atoms with Crippen LogP contribution in [0.5, 0.6) is 0 Å². The maximum Gasteiger partial charge on any atom is 0.175 e. The molecule has 1 atom stereocenters. The zero-order chi connectivity index (χ0) is 16.4. The van der Waals surface area contributed by atoms with Crippen LogP contribution in [0.3, 0.4) is 0 Å². The predicted molar refractivity (Wildman–Crippen MR) is 93.4 cm³/mol. The minimum Gasteiger partial charge on any atom is -0.307 e. The Hall–Kier alpha value is -1.65. The first kappa shape index (κ1) is 16.2. The van der Waals surface area contributed by atoms with Crippen LogP contribution in [0.4, 0.5) is 0 Å². The second kappa shape index (κ2) is 6.46. The molecular weight excluding hydrogens is 306 g/mol. The van der Waals surface area contributed by atoms with E-state index in [4.69, 9.17) is 0 Å². The van der Waals surface area contributed by atoms with Crippen molar-refractivity contribution >= 4 is 9.84 Å². The highest BCUT2D eigenvalue weighted by Crippen LogP contribution is 2.26. The second-order valence-corrected chi connectivity index (χ2v) is 8.36. The summed E-state index contributed by atoms with van der Waals surface area (Å²) >= 11 is 0. The molecule has 0 heterocycles. The Morgan fingerprint density at radius 3 is 2.09 bits per heavy atom. The van der Waals surface area contributed by atoms with Gasteiger partial charge in [-0.25, -0.2) is 8.42 Å². The number of hydrogen-bond acceptors (Lipinski definition) is 3. The fraction of sp³-hybridized carbons (Fsp3) is 0.368. The van der Waals surface area contributed by atoms with E-state index in [9.17, 15) is 8.42 Å². The molecule has 0 fully saturated rings. The van der Waals surface area contributed by atoms with Crippen molar-refractivity contribution in [2.45, 2.75) is 43.2 Å². The summed E-state index contributed by atoms with van der Waals surface area (Å²) in [5, 5.41) is 3.74. The first-order chi connectivity index (χ1) is 11.0. The van der Waals surface area contributed by atoms with E-state index >= 15 is 0 Å². The molecule has 0 saturated carbocycles. The van der Waals surface area contributed by atoms with Crippen molar-refractivity contribution < 1.29 is 8.42 Å². The average Bonchev–Trinajstić information content (AvgIpc) is 2.94. The quantitative estimate of drug-likeness (QED) is 0.915. The average molecular weight is 329 g/mol. The van der Waals surface area contributed by atoms with E-state index in [2.05, 4.69) is 36.5 Å². The number of hydrogen-bond donors (Lipinski definition) is 1. The van der Waals surface area contributed by atoms with Crippen LogP contribution in [0.25, 0.3) is 0 Å². The van der Waals surface area contributed by atoms with Gasteiger partial charge in [-0.05, 0) is 48.1 Å². The van der Waals surface area contributed by atoms with Gasteiger partial charge in [-0.15, -0.1) is 0 Å². The summed E-state index contributed by atoms with van der Waals surface area (Å²) in [6, 6.07) is 16.6. The van der Waals surface area contributed by atoms with Gasteiger partial charge in [-0.1, -0.05) is 43.3 Å². The fourth-order valence-electron chi connectivity index (χ4n) is 3.36. The molecule has 1 aliphatic rings. The van der Waals surface area contributed by atoms with Crippen molar-refractivity contribution in [1.82, 2.24) is 5.32 Å². The fourth-order valence-corrected chi connectivity index (χ4v) is 3.99. The molecule has 0 amide bonds. The van der Waals surface area contributed by atoms with Gasteiger partial charge in [-0.2, -0.15) is 0 Å². The maximum absolute atomic E-state index is 11.6. The Morgan fingerprint density at radius 1 is 1.04 bits per heavy atom. The molecule has 3 rings (SSSR count). The van der Waals surface area contributed by atoms with Crippen molar-refractivity contribution in [3.63, 3.8) is 0 Å². The minimum atomic E-state index is -3.13. The molecule has 0 bridgehead atoms. The van der Waals surface area contributed by atoms with Crippen LogP contribution in [0.15, 0.2) is 53.4 Å². The van der Waals surface area contributed by atoms with Crippen LogP contribution < -0.4 is 5.32 Å². The van der Waals surface area contributed by atoms with Crippen LogP contribution in [-0.4, -0.2) is 20.7 Å². The predicted octanol–water partition coefficient (Wildman–Crippen LogP) is 3.30. The van der Waals surface area contributed by atoms with Gasteiger partial charge in [0.1, 0.15) is 0 Å². The summed E-state index contributed by atoms with van der Waals surface area (Å²) < 4.78 is 23.1. The summed E-state index contributed by atoms with van der Waals surface area (Å²) in [6.07, 6.45) is 4.35. The summed E-state index contributed by atoms with van der Waals surface area (Å²) in [6.45, 7) is 2.16. The van der Waals surface area contributed by atoms with Crippen LogP contribution in [0.1, 0.15) is 36.1 Å². The first-order valence-corrected chi connectivity index (χ1v) is 9.99. The van der Waals surface area contributed by atoms with Gasteiger partial charge in [0.25, 0.3) is 0 Å². The van der Waals surface area contributed by atoms with Gasteiger partial charge in [-0.3, -0.25) is 0 Å². The third-order valence-electron chi connectivity index (χ3n) is 4.61. The van der Waals surface area contributed by atoms with E-state index in [1.54, 1.807) is 12.1 Å². The molecule has 2 aromatic carbocycles. The summed E-state index contributed by atoms with van der Waals surface area (Å²) in [4.78, 5) is 0.379. The second-order valence-electron chi connectivity index (χ2n) is 6.34. The Bertz CT molecular complexity index is 756. The smallest absolute Gasteiger partial charge is 0.175 e. The molecule has 0 radical (unpaired) electrons. The molecule has 1 unspecified atom stereocenters. The highest BCUT2D eigenvalue weighted by atomic mass is 32.2. The Kier molecular flexibility index (Phi) is 4.55. The zero-order valence-electron chi connectivity index (χ0n) is 13.6. The summed E-state index contributed by atoms with van der Waals surface area (Å²) in [5.41, 5.74) is 4.02. The summed E-state index contributed by atoms with van der Waals surface area (Å²) in [5.74, 6) is 0. The zero-order valence-corrected chi connectivity index (χ0v) is 14.4. The Morgan fingerprint density at radius 2 is 1.61 bits per heavy atom. The third-order valence-corrected chi connectivity index (χ3v) is 5.74. The lowest BCUT2D eigenvalue weighted by Crippen LogP contribution is -2.33. The van der Waals surface area contributed by atoms with Gasteiger partial charge in [0, 0.05) is 18.3 Å². The van der Waals surface area contributed by atoms with E-state index < -0.39 is 9.84 Å². The van der Waals surface area contributed by atoms with Crippen LogP contribution in [0, 0.1) is 0 Å². The molecule has 3 nitrogen and oxygen atoms in total. The lowest BCUT2D eigenvalue weighted by molar-refractivity contribution is 0.435. The number of sulfone groups is 1. The SMILES string of the molecule is CCC(NC1Cc2ccccc2C1)c1ccc(S(C)(=O)=O)cc1. The molecule has 2 aromatic rings.